The number of unbranched alkanes of at least 4 members (excludes halogenated alkanes) is 3. The van der Waals surface area contributed by atoms with Crippen LogP contribution >= 0.6 is 10.9 Å². The maximum Gasteiger partial charge on any atom is 0.157 e. The van der Waals surface area contributed by atoms with E-state index in [0.29, 0.717) is 10.9 Å². The molecule has 1 rings (SSSR count). The normalized spacial score (nSPS) is 10.7. The Hall–Kier alpha value is -0.830. The zero-order valence-corrected chi connectivity index (χ0v) is 14.9. The lowest BCUT2D eigenvalue weighted by Crippen LogP contribution is -1.99. The summed E-state index contributed by atoms with van der Waals surface area (Å²) in [5.41, 5.74) is 0. The molecular formula is C18H34O2S. The molecule has 0 spiro atoms. The standard InChI is InChI=1S/C12H28S.C6H6O2/c1-4-7-10-13(11-8-5-2)12-9-6-3;7-5-3-1-2-4-6(5)8/h13H,4-12H2,1-3H3;1-4,7-8H. The zero-order chi connectivity index (χ0) is 15.9. The number of para-hydroxylation sites is 2. The number of rotatable bonds is 9. The minimum Gasteiger partial charge on any atom is -0.504 e. The summed E-state index contributed by atoms with van der Waals surface area (Å²) in [4.78, 5) is 0. The van der Waals surface area contributed by atoms with Gasteiger partial charge in [0.1, 0.15) is 0 Å². The summed E-state index contributed by atoms with van der Waals surface area (Å²) in [7, 11) is 0.422. The van der Waals surface area contributed by atoms with Gasteiger partial charge in [-0.3, -0.25) is 10.9 Å². The molecule has 3 heteroatoms. The molecule has 0 bridgehead atoms. The van der Waals surface area contributed by atoms with Crippen molar-refractivity contribution in [3.8, 4) is 11.5 Å². The van der Waals surface area contributed by atoms with Gasteiger partial charge in [0.2, 0.25) is 0 Å². The molecule has 0 saturated heterocycles. The number of aromatic hydroxyl groups is 2. The van der Waals surface area contributed by atoms with Gasteiger partial charge in [0.25, 0.3) is 0 Å². The number of phenolic OH excluding ortho intramolecular Hbond substituents is 2. The van der Waals surface area contributed by atoms with Gasteiger partial charge in [-0.2, -0.15) is 0 Å². The van der Waals surface area contributed by atoms with Gasteiger partial charge in [-0.25, -0.2) is 0 Å². The Kier molecular flexibility index (Phi) is 13.6. The molecule has 1 aromatic rings. The SMILES string of the molecule is CCCC[SH](CCCC)CCCC.Oc1ccccc1O. The van der Waals surface area contributed by atoms with E-state index in [0.717, 1.165) is 0 Å². The van der Waals surface area contributed by atoms with E-state index in [1.807, 2.05) is 0 Å². The second-order valence-corrected chi connectivity index (χ2v) is 8.07. The van der Waals surface area contributed by atoms with Crippen molar-refractivity contribution in [2.45, 2.75) is 59.3 Å². The molecule has 0 fully saturated rings. The first kappa shape index (κ1) is 20.2. The molecular weight excluding hydrogens is 280 g/mol. The third-order valence-corrected chi connectivity index (χ3v) is 6.21. The first-order valence-corrected chi connectivity index (χ1v) is 10.2. The van der Waals surface area contributed by atoms with Crippen molar-refractivity contribution in [1.29, 1.82) is 0 Å². The van der Waals surface area contributed by atoms with Crippen molar-refractivity contribution in [3.63, 3.8) is 0 Å². The summed E-state index contributed by atoms with van der Waals surface area (Å²) in [6, 6.07) is 6.15. The van der Waals surface area contributed by atoms with Crippen LogP contribution in [0.25, 0.3) is 0 Å². The summed E-state index contributed by atoms with van der Waals surface area (Å²) in [6.45, 7) is 6.94. The zero-order valence-electron chi connectivity index (χ0n) is 14.0. The first-order valence-electron chi connectivity index (χ1n) is 8.34. The van der Waals surface area contributed by atoms with Crippen LogP contribution in [0.4, 0.5) is 0 Å². The molecule has 0 aliphatic heterocycles. The van der Waals surface area contributed by atoms with E-state index in [1.165, 1.54) is 50.7 Å². The minimum atomic E-state index is -0.0764. The maximum atomic E-state index is 8.67. The molecule has 0 aromatic heterocycles. The maximum absolute atomic E-state index is 8.67. The van der Waals surface area contributed by atoms with Crippen molar-refractivity contribution < 1.29 is 10.2 Å². The summed E-state index contributed by atoms with van der Waals surface area (Å²) in [6.07, 6.45) is 8.57. The molecule has 124 valence electrons. The molecule has 0 amide bonds. The molecule has 1 aromatic carbocycles. The van der Waals surface area contributed by atoms with E-state index in [4.69, 9.17) is 10.2 Å². The van der Waals surface area contributed by atoms with Crippen LogP contribution in [0.1, 0.15) is 59.3 Å². The predicted octanol–water partition coefficient (Wildman–Crippen LogP) is 5.49. The number of hydrogen-bond acceptors (Lipinski definition) is 2. The van der Waals surface area contributed by atoms with Crippen molar-refractivity contribution in [3.05, 3.63) is 24.3 Å². The van der Waals surface area contributed by atoms with Crippen LogP contribution in [0, 0.1) is 0 Å². The lowest BCUT2D eigenvalue weighted by Gasteiger charge is -2.20. The Balaban J connectivity index is 0.000000423. The van der Waals surface area contributed by atoms with E-state index in [1.54, 1.807) is 29.4 Å². The molecule has 0 aliphatic rings. The van der Waals surface area contributed by atoms with Crippen LogP contribution in [-0.4, -0.2) is 27.5 Å². The van der Waals surface area contributed by atoms with Crippen LogP contribution in [0.5, 0.6) is 11.5 Å². The van der Waals surface area contributed by atoms with Crippen molar-refractivity contribution in [2.75, 3.05) is 17.3 Å². The average Bonchev–Trinajstić information content (AvgIpc) is 2.50. The molecule has 0 unspecified atom stereocenters. The molecule has 0 saturated carbocycles. The van der Waals surface area contributed by atoms with Crippen LogP contribution in [0.3, 0.4) is 0 Å². The monoisotopic (exact) mass is 314 g/mol. The largest absolute Gasteiger partial charge is 0.504 e. The molecule has 21 heavy (non-hydrogen) atoms. The highest BCUT2D eigenvalue weighted by Gasteiger charge is 2.01. The lowest BCUT2D eigenvalue weighted by molar-refractivity contribution is 0.404. The summed E-state index contributed by atoms with van der Waals surface area (Å²) in [5, 5.41) is 17.3. The van der Waals surface area contributed by atoms with E-state index in [-0.39, 0.29) is 11.5 Å². The second-order valence-electron chi connectivity index (χ2n) is 5.39. The van der Waals surface area contributed by atoms with Crippen LogP contribution in [0.2, 0.25) is 0 Å². The molecule has 0 radical (unpaired) electrons. The molecule has 0 atom stereocenters. The molecule has 0 heterocycles. The number of hydrogen-bond donors (Lipinski definition) is 3. The van der Waals surface area contributed by atoms with Crippen molar-refractivity contribution in [1.82, 2.24) is 0 Å². The van der Waals surface area contributed by atoms with E-state index >= 15 is 0 Å². The van der Waals surface area contributed by atoms with Gasteiger partial charge in [0, 0.05) is 0 Å². The van der Waals surface area contributed by atoms with E-state index in [2.05, 4.69) is 20.8 Å². The highest BCUT2D eigenvalue weighted by Crippen LogP contribution is 2.29. The van der Waals surface area contributed by atoms with Gasteiger partial charge in [0.15, 0.2) is 11.5 Å². The minimum absolute atomic E-state index is 0.0764. The molecule has 0 aliphatic carbocycles. The predicted molar refractivity (Wildman–Crippen MR) is 98.1 cm³/mol. The van der Waals surface area contributed by atoms with Gasteiger partial charge in [-0.15, -0.1) is 0 Å². The number of benzene rings is 1. The van der Waals surface area contributed by atoms with Gasteiger partial charge >= 0.3 is 0 Å². The van der Waals surface area contributed by atoms with Gasteiger partial charge in [-0.05, 0) is 48.7 Å². The highest BCUT2D eigenvalue weighted by atomic mass is 32.2. The average molecular weight is 315 g/mol. The Bertz CT molecular complexity index is 302. The van der Waals surface area contributed by atoms with E-state index < -0.39 is 0 Å². The van der Waals surface area contributed by atoms with Crippen LogP contribution in [0.15, 0.2) is 24.3 Å². The van der Waals surface area contributed by atoms with Crippen molar-refractivity contribution in [2.24, 2.45) is 0 Å². The van der Waals surface area contributed by atoms with Crippen molar-refractivity contribution >= 4 is 10.9 Å². The topological polar surface area (TPSA) is 40.5 Å². The second kappa shape index (κ2) is 14.1. The number of thiol groups is 1. The van der Waals surface area contributed by atoms with Gasteiger partial charge in [0.05, 0.1) is 0 Å². The lowest BCUT2D eigenvalue weighted by atomic mass is 10.3. The van der Waals surface area contributed by atoms with Crippen LogP contribution in [-0.2, 0) is 0 Å². The third kappa shape index (κ3) is 11.5. The first-order chi connectivity index (χ1) is 10.2. The highest BCUT2D eigenvalue weighted by molar-refractivity contribution is 8.17. The fourth-order valence-corrected chi connectivity index (χ4v) is 4.91. The Morgan fingerprint density at radius 3 is 1.29 bits per heavy atom. The fraction of sp³-hybridized carbons (Fsp3) is 0.667. The smallest absolute Gasteiger partial charge is 0.157 e. The Labute approximate surface area is 133 Å². The van der Waals surface area contributed by atoms with Gasteiger partial charge in [-0.1, -0.05) is 52.2 Å². The summed E-state index contributed by atoms with van der Waals surface area (Å²) < 4.78 is 0. The van der Waals surface area contributed by atoms with Gasteiger partial charge < -0.3 is 10.2 Å². The summed E-state index contributed by atoms with van der Waals surface area (Å²) in [5.74, 6) is 4.49. The Morgan fingerprint density at radius 1 is 0.714 bits per heavy atom. The molecule has 2 N–H and O–H groups in total. The fourth-order valence-electron chi connectivity index (χ4n) is 1.94. The third-order valence-electron chi connectivity index (χ3n) is 3.37. The van der Waals surface area contributed by atoms with E-state index in [9.17, 15) is 0 Å². The van der Waals surface area contributed by atoms with Crippen LogP contribution < -0.4 is 0 Å². The summed E-state index contributed by atoms with van der Waals surface area (Å²) >= 11 is 0. The quantitative estimate of drug-likeness (QED) is 0.417. The molecule has 2 nitrogen and oxygen atoms in total. The number of phenols is 2. The Morgan fingerprint density at radius 2 is 1.05 bits per heavy atom.